The van der Waals surface area contributed by atoms with Gasteiger partial charge in [-0.25, -0.2) is 0 Å². The third-order valence-corrected chi connectivity index (χ3v) is 3.29. The van der Waals surface area contributed by atoms with Crippen LogP contribution < -0.4 is 0 Å². The van der Waals surface area contributed by atoms with Gasteiger partial charge in [-0.15, -0.1) is 0 Å². The number of hydrogen-bond donors (Lipinski definition) is 0. The Hall–Kier alpha value is -0.250. The Balaban J connectivity index is 2.73. The lowest BCUT2D eigenvalue weighted by molar-refractivity contribution is -0.139. The van der Waals surface area contributed by atoms with Crippen LogP contribution in [-0.2, 0) is 16.0 Å². The third kappa shape index (κ3) is 3.67. The van der Waals surface area contributed by atoms with Gasteiger partial charge in [0.1, 0.15) is 4.83 Å². The Morgan fingerprint density at radius 2 is 2.13 bits per heavy atom. The normalized spacial score (nSPS) is 12.3. The molecule has 0 aliphatic heterocycles. The van der Waals surface area contributed by atoms with Gasteiger partial charge < -0.3 is 4.74 Å². The lowest BCUT2D eigenvalue weighted by Gasteiger charge is -2.08. The Morgan fingerprint density at radius 3 is 2.67 bits per heavy atom. The lowest BCUT2D eigenvalue weighted by atomic mass is 10.1. The van der Waals surface area contributed by atoms with Crippen molar-refractivity contribution in [3.63, 3.8) is 0 Å². The number of rotatable bonds is 3. The monoisotopic (exact) mass is 310 g/mol. The van der Waals surface area contributed by atoms with Gasteiger partial charge in [0.25, 0.3) is 0 Å². The van der Waals surface area contributed by atoms with Gasteiger partial charge in [-0.2, -0.15) is 0 Å². The highest BCUT2D eigenvalue weighted by Crippen LogP contribution is 2.24. The van der Waals surface area contributed by atoms with Crippen molar-refractivity contribution in [3.8, 4) is 0 Å². The highest BCUT2D eigenvalue weighted by atomic mass is 79.9. The number of carbonyl (C=O) groups is 1. The van der Waals surface area contributed by atoms with E-state index in [9.17, 15) is 4.79 Å². The molecule has 5 heteroatoms. The molecule has 1 atom stereocenters. The number of hydrogen-bond acceptors (Lipinski definition) is 2. The van der Waals surface area contributed by atoms with E-state index in [4.69, 9.17) is 23.2 Å². The van der Waals surface area contributed by atoms with Crippen molar-refractivity contribution in [2.75, 3.05) is 7.11 Å². The molecule has 0 aliphatic rings. The van der Waals surface area contributed by atoms with E-state index in [1.54, 1.807) is 12.1 Å². The quantitative estimate of drug-likeness (QED) is 0.631. The molecule has 1 rings (SSSR count). The molecule has 1 unspecified atom stereocenters. The van der Waals surface area contributed by atoms with E-state index < -0.39 is 0 Å². The van der Waals surface area contributed by atoms with Crippen molar-refractivity contribution in [1.29, 1.82) is 0 Å². The molecular weight excluding hydrogens is 303 g/mol. The molecule has 15 heavy (non-hydrogen) atoms. The first-order valence-electron chi connectivity index (χ1n) is 4.20. The first-order valence-corrected chi connectivity index (χ1v) is 5.87. The first kappa shape index (κ1) is 12.8. The largest absolute Gasteiger partial charge is 0.468 e. The maximum Gasteiger partial charge on any atom is 0.319 e. The van der Waals surface area contributed by atoms with Crippen molar-refractivity contribution in [2.24, 2.45) is 0 Å². The summed E-state index contributed by atoms with van der Waals surface area (Å²) in [7, 11) is 1.35. The summed E-state index contributed by atoms with van der Waals surface area (Å²) in [6, 6.07) is 5.27. The Kier molecular flexibility index (Phi) is 4.90. The zero-order valence-corrected chi connectivity index (χ0v) is 11.1. The van der Waals surface area contributed by atoms with Crippen LogP contribution in [0.25, 0.3) is 0 Å². The van der Waals surface area contributed by atoms with Crippen LogP contribution in [0.2, 0.25) is 10.0 Å². The van der Waals surface area contributed by atoms with Crippen molar-refractivity contribution in [2.45, 2.75) is 11.2 Å². The lowest BCUT2D eigenvalue weighted by Crippen LogP contribution is -2.17. The predicted molar refractivity (Wildman–Crippen MR) is 64.9 cm³/mol. The van der Waals surface area contributed by atoms with Crippen molar-refractivity contribution < 1.29 is 9.53 Å². The van der Waals surface area contributed by atoms with Gasteiger partial charge in [0.2, 0.25) is 0 Å². The fourth-order valence-electron chi connectivity index (χ4n) is 1.08. The maximum absolute atomic E-state index is 11.1. The van der Waals surface area contributed by atoms with Crippen LogP contribution in [0, 0.1) is 0 Å². The van der Waals surface area contributed by atoms with Crippen LogP contribution in [0.3, 0.4) is 0 Å². The number of benzene rings is 1. The van der Waals surface area contributed by atoms with E-state index in [1.165, 1.54) is 7.11 Å². The van der Waals surface area contributed by atoms with Gasteiger partial charge in [0.15, 0.2) is 0 Å². The van der Waals surface area contributed by atoms with Crippen LogP contribution in [0.4, 0.5) is 0 Å². The van der Waals surface area contributed by atoms with Crippen LogP contribution in [-0.4, -0.2) is 17.9 Å². The fraction of sp³-hybridized carbons (Fsp3) is 0.300. The van der Waals surface area contributed by atoms with Crippen LogP contribution in [0.5, 0.6) is 0 Å². The van der Waals surface area contributed by atoms with Gasteiger partial charge >= 0.3 is 5.97 Å². The molecule has 0 saturated heterocycles. The second kappa shape index (κ2) is 5.73. The zero-order valence-electron chi connectivity index (χ0n) is 7.97. The second-order valence-electron chi connectivity index (χ2n) is 2.94. The third-order valence-electron chi connectivity index (χ3n) is 1.86. The first-order chi connectivity index (χ1) is 7.04. The van der Waals surface area contributed by atoms with Gasteiger partial charge in [0, 0.05) is 0 Å². The van der Waals surface area contributed by atoms with Crippen molar-refractivity contribution >= 4 is 45.1 Å². The molecule has 0 saturated carbocycles. The second-order valence-corrected chi connectivity index (χ2v) is 4.86. The molecule has 0 bridgehead atoms. The van der Waals surface area contributed by atoms with Crippen LogP contribution >= 0.6 is 39.1 Å². The van der Waals surface area contributed by atoms with E-state index in [1.807, 2.05) is 6.07 Å². The molecule has 0 amide bonds. The summed E-state index contributed by atoms with van der Waals surface area (Å²) < 4.78 is 4.59. The van der Waals surface area contributed by atoms with E-state index in [0.29, 0.717) is 16.5 Å². The molecule has 2 nitrogen and oxygen atoms in total. The molecule has 0 N–H and O–H groups in total. The summed E-state index contributed by atoms with van der Waals surface area (Å²) in [6.07, 6.45) is 0.517. The molecule has 0 aromatic heterocycles. The molecule has 0 spiro atoms. The Labute approximate surface area is 107 Å². The minimum Gasteiger partial charge on any atom is -0.468 e. The number of esters is 1. The van der Waals surface area contributed by atoms with Crippen molar-refractivity contribution in [1.82, 2.24) is 0 Å². The summed E-state index contributed by atoms with van der Waals surface area (Å²) in [5.41, 5.74) is 0.927. The van der Waals surface area contributed by atoms with Gasteiger partial charge in [0.05, 0.1) is 17.2 Å². The van der Waals surface area contributed by atoms with E-state index in [0.717, 1.165) is 5.56 Å². The molecule has 82 valence electrons. The summed E-state index contributed by atoms with van der Waals surface area (Å²) in [6.45, 7) is 0. The number of methoxy groups -OCH3 is 1. The number of halogens is 3. The van der Waals surface area contributed by atoms with Gasteiger partial charge in [-0.3, -0.25) is 4.79 Å². The average molecular weight is 312 g/mol. The number of alkyl halides is 1. The van der Waals surface area contributed by atoms with Crippen LogP contribution in [0.1, 0.15) is 5.56 Å². The molecule has 0 radical (unpaired) electrons. The smallest absolute Gasteiger partial charge is 0.319 e. The Morgan fingerprint density at radius 1 is 1.47 bits per heavy atom. The number of carbonyl (C=O) groups excluding carboxylic acids is 1. The van der Waals surface area contributed by atoms with E-state index >= 15 is 0 Å². The molecular formula is C10H9BrCl2O2. The minimum absolute atomic E-state index is 0.305. The van der Waals surface area contributed by atoms with Crippen LogP contribution in [0.15, 0.2) is 18.2 Å². The van der Waals surface area contributed by atoms with Crippen molar-refractivity contribution in [3.05, 3.63) is 33.8 Å². The molecule has 1 aromatic rings. The predicted octanol–water partition coefficient (Wildman–Crippen LogP) is 3.47. The minimum atomic E-state index is -0.361. The molecule has 0 fully saturated rings. The zero-order chi connectivity index (χ0) is 11.4. The van der Waals surface area contributed by atoms with E-state index in [2.05, 4.69) is 20.7 Å². The van der Waals surface area contributed by atoms with E-state index in [-0.39, 0.29) is 10.8 Å². The highest BCUT2D eigenvalue weighted by Gasteiger charge is 2.15. The maximum atomic E-state index is 11.1. The average Bonchev–Trinajstić information content (AvgIpc) is 2.22. The van der Waals surface area contributed by atoms with Gasteiger partial charge in [-0.05, 0) is 24.1 Å². The topological polar surface area (TPSA) is 26.3 Å². The molecule has 0 aliphatic carbocycles. The Bertz CT molecular complexity index is 368. The molecule has 0 heterocycles. The standard InChI is InChI=1S/C10H9BrCl2O2/c1-15-10(14)7(11)4-6-2-3-8(12)9(13)5-6/h2-3,5,7H,4H2,1H3. The number of ether oxygens (including phenoxy) is 1. The highest BCUT2D eigenvalue weighted by molar-refractivity contribution is 9.10. The summed E-state index contributed by atoms with van der Waals surface area (Å²) in [5, 5.41) is 0.989. The summed E-state index contributed by atoms with van der Waals surface area (Å²) in [4.78, 5) is 10.8. The fourth-order valence-corrected chi connectivity index (χ4v) is 1.97. The van der Waals surface area contributed by atoms with Gasteiger partial charge in [-0.1, -0.05) is 45.2 Å². The summed E-state index contributed by atoms with van der Waals surface area (Å²) >= 11 is 14.9. The molecule has 1 aromatic carbocycles. The SMILES string of the molecule is COC(=O)C(Br)Cc1ccc(Cl)c(Cl)c1. The summed E-state index contributed by atoms with van der Waals surface area (Å²) in [5.74, 6) is -0.305.